The van der Waals surface area contributed by atoms with Crippen LogP contribution in [-0.4, -0.2) is 50.4 Å². The van der Waals surface area contributed by atoms with Crippen molar-refractivity contribution in [1.82, 2.24) is 24.5 Å². The number of pyridine rings is 2. The first kappa shape index (κ1) is 19.3. The van der Waals surface area contributed by atoms with Gasteiger partial charge in [-0.15, -0.1) is 0 Å². The molecule has 0 saturated carbocycles. The lowest BCUT2D eigenvalue weighted by Crippen LogP contribution is -2.35. The van der Waals surface area contributed by atoms with E-state index >= 15 is 0 Å². The summed E-state index contributed by atoms with van der Waals surface area (Å²) < 4.78 is 13.0. The summed E-state index contributed by atoms with van der Waals surface area (Å²) >= 11 is 6.33. The van der Waals surface area contributed by atoms with Gasteiger partial charge in [-0.25, -0.2) is 14.8 Å². The summed E-state index contributed by atoms with van der Waals surface area (Å²) in [6, 6.07) is 1.97. The number of imidazole rings is 1. The van der Waals surface area contributed by atoms with E-state index < -0.39 is 0 Å². The molecule has 0 radical (unpaired) electrons. The fraction of sp³-hybridized carbons (Fsp3) is 0.381. The minimum Gasteiger partial charge on any atom is -0.379 e. The number of rotatable bonds is 4. The van der Waals surface area contributed by atoms with E-state index in [0.717, 1.165) is 46.1 Å². The molecule has 9 heteroatoms. The van der Waals surface area contributed by atoms with E-state index in [9.17, 15) is 4.79 Å². The number of H-pyrrole nitrogens is 2. The first-order valence-electron chi connectivity index (χ1n) is 9.90. The van der Waals surface area contributed by atoms with E-state index in [4.69, 9.17) is 21.1 Å². The second-order valence-corrected chi connectivity index (χ2v) is 8.09. The van der Waals surface area contributed by atoms with Crippen molar-refractivity contribution >= 4 is 33.8 Å². The molecule has 8 nitrogen and oxygen atoms in total. The molecule has 4 aromatic heterocycles. The van der Waals surface area contributed by atoms with Gasteiger partial charge in [0.05, 0.1) is 35.9 Å². The summed E-state index contributed by atoms with van der Waals surface area (Å²) in [4.78, 5) is 27.5. The van der Waals surface area contributed by atoms with Crippen LogP contribution < -0.4 is 5.69 Å². The second kappa shape index (κ2) is 7.54. The number of methoxy groups -OCH3 is 1. The Balaban J connectivity index is 1.53. The summed E-state index contributed by atoms with van der Waals surface area (Å²) in [5.74, 6) is 0. The fourth-order valence-corrected chi connectivity index (χ4v) is 4.46. The molecule has 0 spiro atoms. The maximum Gasteiger partial charge on any atom is 0.327 e. The molecule has 0 aromatic carbocycles. The highest BCUT2D eigenvalue weighted by Crippen LogP contribution is 2.32. The molecule has 2 N–H and O–H groups in total. The van der Waals surface area contributed by atoms with Crippen molar-refractivity contribution < 1.29 is 9.47 Å². The Bertz CT molecular complexity index is 1280. The molecule has 0 bridgehead atoms. The fourth-order valence-electron chi connectivity index (χ4n) is 4.18. The number of hydrogen-bond acceptors (Lipinski definition) is 5. The number of halogens is 1. The van der Waals surface area contributed by atoms with Crippen LogP contribution in [0.25, 0.3) is 33.3 Å². The molecule has 1 saturated heterocycles. The third-order valence-electron chi connectivity index (χ3n) is 5.90. The molecular formula is C21H22ClN5O3. The van der Waals surface area contributed by atoms with Gasteiger partial charge in [0.2, 0.25) is 0 Å². The van der Waals surface area contributed by atoms with E-state index in [-0.39, 0.29) is 17.9 Å². The van der Waals surface area contributed by atoms with E-state index in [1.165, 1.54) is 0 Å². The third-order valence-corrected chi connectivity index (χ3v) is 6.20. The molecule has 156 valence electrons. The first-order valence-corrected chi connectivity index (χ1v) is 10.3. The molecule has 1 aliphatic rings. The van der Waals surface area contributed by atoms with Crippen molar-refractivity contribution in [3.63, 3.8) is 0 Å². The number of nitrogens with zero attached hydrogens (tertiary/aromatic N) is 3. The van der Waals surface area contributed by atoms with Gasteiger partial charge in [0.15, 0.2) is 5.65 Å². The van der Waals surface area contributed by atoms with Crippen LogP contribution in [0.15, 0.2) is 29.5 Å². The molecule has 0 aliphatic carbocycles. The number of aromatic amines is 2. The lowest BCUT2D eigenvalue weighted by atomic mass is 10.0. The molecule has 1 fully saturated rings. The van der Waals surface area contributed by atoms with Crippen LogP contribution >= 0.6 is 11.6 Å². The Morgan fingerprint density at radius 2 is 2.13 bits per heavy atom. The standard InChI is InChI=1S/C21H22ClN5O3/c1-11-15(7-24-20-18(11)16(22)8-25-20)12-5-17-19(23-6-12)26-21(28)27(17)9-13-3-4-14(29-2)10-30-13/h5-8,13-14H,3-4,9-10H2,1-2H3,(H,24,25)(H,23,26,28)/t13-,14-/m1/s1. The minimum atomic E-state index is -0.189. The first-order chi connectivity index (χ1) is 14.5. The van der Waals surface area contributed by atoms with E-state index in [2.05, 4.69) is 19.9 Å². The average molecular weight is 428 g/mol. The number of fused-ring (bicyclic) bond motifs is 2. The molecular weight excluding hydrogens is 406 g/mol. The largest absolute Gasteiger partial charge is 0.379 e. The van der Waals surface area contributed by atoms with E-state index in [0.29, 0.717) is 23.8 Å². The van der Waals surface area contributed by atoms with Crippen molar-refractivity contribution in [3.8, 4) is 11.1 Å². The topological polar surface area (TPSA) is 97.8 Å². The van der Waals surface area contributed by atoms with Crippen LogP contribution in [-0.2, 0) is 16.0 Å². The highest BCUT2D eigenvalue weighted by atomic mass is 35.5. The summed E-state index contributed by atoms with van der Waals surface area (Å²) in [7, 11) is 1.69. The maximum absolute atomic E-state index is 12.6. The second-order valence-electron chi connectivity index (χ2n) is 7.68. The monoisotopic (exact) mass is 427 g/mol. The predicted molar refractivity (Wildman–Crippen MR) is 115 cm³/mol. The Morgan fingerprint density at radius 1 is 1.30 bits per heavy atom. The molecule has 4 aromatic rings. The summed E-state index contributed by atoms with van der Waals surface area (Å²) in [6.45, 7) is 3.03. The normalized spacial score (nSPS) is 19.7. The SMILES string of the molecule is CO[C@@H]1CC[C@H](Cn2c(=O)[nH]c3ncc(-c4cnc5[nH]cc(Cl)c5c4C)cc32)OC1. The van der Waals surface area contributed by atoms with Gasteiger partial charge in [-0.05, 0) is 31.4 Å². The zero-order valence-corrected chi connectivity index (χ0v) is 17.5. The van der Waals surface area contributed by atoms with Gasteiger partial charge in [0.1, 0.15) is 5.65 Å². The molecule has 30 heavy (non-hydrogen) atoms. The Hall–Kier alpha value is -2.68. The van der Waals surface area contributed by atoms with Crippen molar-refractivity contribution in [2.24, 2.45) is 0 Å². The zero-order chi connectivity index (χ0) is 20.8. The number of aryl methyl sites for hydroxylation is 1. The molecule has 2 atom stereocenters. The van der Waals surface area contributed by atoms with Crippen LogP contribution in [0.3, 0.4) is 0 Å². The van der Waals surface area contributed by atoms with Crippen LogP contribution in [0.5, 0.6) is 0 Å². The molecule has 5 rings (SSSR count). The minimum absolute atomic E-state index is 0.0322. The van der Waals surface area contributed by atoms with Gasteiger partial charge in [-0.1, -0.05) is 11.6 Å². The van der Waals surface area contributed by atoms with Gasteiger partial charge >= 0.3 is 5.69 Å². The number of nitrogens with one attached hydrogen (secondary N) is 2. The molecule has 0 unspecified atom stereocenters. The van der Waals surface area contributed by atoms with Crippen LogP contribution in [0, 0.1) is 6.92 Å². The van der Waals surface area contributed by atoms with E-state index in [1.54, 1.807) is 30.3 Å². The summed E-state index contributed by atoms with van der Waals surface area (Å²) in [6.07, 6.45) is 7.15. The van der Waals surface area contributed by atoms with Gasteiger partial charge in [0.25, 0.3) is 0 Å². The summed E-state index contributed by atoms with van der Waals surface area (Å²) in [5.41, 5.74) is 4.68. The van der Waals surface area contributed by atoms with E-state index in [1.807, 2.05) is 13.0 Å². The number of aromatic nitrogens is 5. The molecule has 0 amide bonds. The quantitative estimate of drug-likeness (QED) is 0.520. The van der Waals surface area contributed by atoms with Crippen LogP contribution in [0.4, 0.5) is 0 Å². The Morgan fingerprint density at radius 3 is 2.90 bits per heavy atom. The van der Waals surface area contributed by atoms with Gasteiger partial charge in [-0.2, -0.15) is 0 Å². The zero-order valence-electron chi connectivity index (χ0n) is 16.7. The summed E-state index contributed by atoms with van der Waals surface area (Å²) in [5, 5.41) is 1.53. The Kier molecular flexibility index (Phi) is 4.85. The molecule has 5 heterocycles. The molecule has 1 aliphatic heterocycles. The van der Waals surface area contributed by atoms with Gasteiger partial charge in [-0.3, -0.25) is 9.55 Å². The lowest BCUT2D eigenvalue weighted by Gasteiger charge is -2.28. The lowest BCUT2D eigenvalue weighted by molar-refractivity contribution is -0.0757. The highest BCUT2D eigenvalue weighted by Gasteiger charge is 2.23. The van der Waals surface area contributed by atoms with Crippen molar-refractivity contribution in [3.05, 3.63) is 45.7 Å². The van der Waals surface area contributed by atoms with Crippen molar-refractivity contribution in [2.45, 2.75) is 38.5 Å². The van der Waals surface area contributed by atoms with Gasteiger partial charge < -0.3 is 14.5 Å². The van der Waals surface area contributed by atoms with Crippen LogP contribution in [0.2, 0.25) is 5.02 Å². The maximum atomic E-state index is 12.6. The van der Waals surface area contributed by atoms with Crippen molar-refractivity contribution in [2.75, 3.05) is 13.7 Å². The Labute approximate surface area is 177 Å². The number of hydrogen-bond donors (Lipinski definition) is 2. The van der Waals surface area contributed by atoms with Crippen molar-refractivity contribution in [1.29, 1.82) is 0 Å². The smallest absolute Gasteiger partial charge is 0.327 e. The highest BCUT2D eigenvalue weighted by molar-refractivity contribution is 6.35. The average Bonchev–Trinajstić information content (AvgIpc) is 3.29. The predicted octanol–water partition coefficient (Wildman–Crippen LogP) is 3.42. The third kappa shape index (κ3) is 3.21. The van der Waals surface area contributed by atoms with Gasteiger partial charge in [0, 0.05) is 42.2 Å². The number of ether oxygens (including phenoxy) is 2. The van der Waals surface area contributed by atoms with Crippen LogP contribution in [0.1, 0.15) is 18.4 Å².